The molecule has 2 aromatic carbocycles. The van der Waals surface area contributed by atoms with Gasteiger partial charge in [0, 0.05) is 6.54 Å². The molecule has 1 saturated carbocycles. The van der Waals surface area contributed by atoms with Crippen LogP contribution in [0.1, 0.15) is 71.3 Å². The van der Waals surface area contributed by atoms with Gasteiger partial charge in [0.2, 0.25) is 11.6 Å². The summed E-state index contributed by atoms with van der Waals surface area (Å²) in [5.74, 6) is -8.56. The van der Waals surface area contributed by atoms with E-state index in [1.807, 2.05) is 13.8 Å². The van der Waals surface area contributed by atoms with E-state index in [4.69, 9.17) is 5.11 Å². The highest BCUT2D eigenvalue weighted by atomic mass is 32.2. The van der Waals surface area contributed by atoms with E-state index in [0.717, 1.165) is 11.5 Å². The lowest BCUT2D eigenvalue weighted by Crippen LogP contribution is -2.20. The maximum atomic E-state index is 13.5. The second-order valence-corrected chi connectivity index (χ2v) is 8.39. The van der Waals surface area contributed by atoms with Gasteiger partial charge in [-0.1, -0.05) is 96.0 Å². The molecule has 0 aromatic heterocycles. The van der Waals surface area contributed by atoms with Crippen molar-refractivity contribution in [2.75, 3.05) is 4.47 Å². The van der Waals surface area contributed by atoms with Crippen molar-refractivity contribution in [1.29, 1.82) is 0 Å². The highest BCUT2D eigenvalue weighted by Gasteiger charge is 2.28. The van der Waals surface area contributed by atoms with Crippen molar-refractivity contribution in [2.24, 2.45) is 5.92 Å². The fourth-order valence-electron chi connectivity index (χ4n) is 3.25. The largest absolute Gasteiger partial charge is 0.503 e. The summed E-state index contributed by atoms with van der Waals surface area (Å²) >= 11 is 0.320. The molecule has 0 unspecified atom stereocenters. The number of phenols is 1. The number of benzene rings is 2. The van der Waals surface area contributed by atoms with Crippen LogP contribution < -0.4 is 9.19 Å². The van der Waals surface area contributed by atoms with Gasteiger partial charge in [0.15, 0.2) is 23.1 Å². The smallest absolute Gasteiger partial charge is 0.205 e. The van der Waals surface area contributed by atoms with E-state index in [0.29, 0.717) is 12.1 Å². The Labute approximate surface area is 198 Å². The standard InChI is InChI=1S/C13H10F4N2O2S.C9H18.C2H6/c14-8-10(16)13(20)11(17)9(15)12(8)19(21)22-18-6-7-4-2-1-3-5-7;1-9-7-5-3-2-4-6-8-9;1-2/h1-5,18,20-21H,6H2;9H,2-8H2,1H3;1-2H3. The molecule has 0 bridgehead atoms. The summed E-state index contributed by atoms with van der Waals surface area (Å²) in [5.41, 5.74) is -0.550. The minimum atomic E-state index is -1.99. The number of nitrogens with one attached hydrogen (secondary N) is 1. The summed E-state index contributed by atoms with van der Waals surface area (Å²) in [6.07, 6.45) is 10.4. The van der Waals surface area contributed by atoms with Crippen molar-refractivity contribution >= 4 is 17.8 Å². The molecule has 1 fully saturated rings. The van der Waals surface area contributed by atoms with Crippen LogP contribution in [-0.2, 0) is 6.54 Å². The maximum absolute atomic E-state index is 13.5. The molecular weight excluding hydrogens is 456 g/mol. The molecule has 4 nitrogen and oxygen atoms in total. The van der Waals surface area contributed by atoms with Crippen molar-refractivity contribution in [1.82, 2.24) is 4.72 Å². The summed E-state index contributed by atoms with van der Waals surface area (Å²) in [7, 11) is 0. The summed E-state index contributed by atoms with van der Waals surface area (Å²) in [4.78, 5) is 0. The fraction of sp³-hybridized carbons (Fsp3) is 0.500. The van der Waals surface area contributed by atoms with E-state index < -0.39 is 34.7 Å². The van der Waals surface area contributed by atoms with Crippen molar-refractivity contribution in [3.8, 4) is 5.75 Å². The zero-order chi connectivity index (χ0) is 24.8. The lowest BCUT2D eigenvalue weighted by atomic mass is 9.93. The van der Waals surface area contributed by atoms with Gasteiger partial charge in [-0.15, -0.1) is 0 Å². The Hall–Kier alpha value is -1.97. The second-order valence-electron chi connectivity index (χ2n) is 7.57. The Bertz CT molecular complexity index is 791. The van der Waals surface area contributed by atoms with Crippen molar-refractivity contribution in [3.05, 3.63) is 59.2 Å². The van der Waals surface area contributed by atoms with Gasteiger partial charge in [-0.05, 0) is 11.5 Å². The first-order valence-corrected chi connectivity index (χ1v) is 12.1. The van der Waals surface area contributed by atoms with E-state index in [9.17, 15) is 22.8 Å². The lowest BCUT2D eigenvalue weighted by Gasteiger charge is -2.17. The molecule has 3 rings (SSSR count). The van der Waals surface area contributed by atoms with E-state index in [2.05, 4.69) is 11.6 Å². The predicted molar refractivity (Wildman–Crippen MR) is 126 cm³/mol. The number of phenolic OH excluding ortho intramolecular Hbond substituents is 1. The average molecular weight is 491 g/mol. The van der Waals surface area contributed by atoms with Crippen LogP contribution in [0.15, 0.2) is 30.3 Å². The lowest BCUT2D eigenvalue weighted by molar-refractivity contribution is 0.307. The van der Waals surface area contributed by atoms with E-state index in [1.165, 1.54) is 44.9 Å². The third-order valence-electron chi connectivity index (χ3n) is 5.07. The Morgan fingerprint density at radius 2 is 1.36 bits per heavy atom. The van der Waals surface area contributed by atoms with Gasteiger partial charge < -0.3 is 5.11 Å². The normalized spacial score (nSPS) is 14.2. The molecule has 33 heavy (non-hydrogen) atoms. The Morgan fingerprint density at radius 1 is 0.879 bits per heavy atom. The zero-order valence-electron chi connectivity index (χ0n) is 19.4. The van der Waals surface area contributed by atoms with Crippen molar-refractivity contribution in [3.63, 3.8) is 0 Å². The van der Waals surface area contributed by atoms with Crippen LogP contribution in [0.25, 0.3) is 0 Å². The van der Waals surface area contributed by atoms with E-state index in [-0.39, 0.29) is 11.0 Å². The number of nitrogens with zero attached hydrogens (tertiary/aromatic N) is 1. The first-order valence-electron chi connectivity index (χ1n) is 11.3. The quantitative estimate of drug-likeness (QED) is 0.172. The SMILES string of the molecule is CC.CC1CCCCCCC1.Oc1c(F)c(F)c(N(O)SNCc2ccccc2)c(F)c1F. The number of anilines is 1. The Balaban J connectivity index is 0.000000412. The number of halogens is 4. The van der Waals surface area contributed by atoms with E-state index in [1.54, 1.807) is 30.3 Å². The van der Waals surface area contributed by atoms with Crippen LogP contribution >= 0.6 is 12.1 Å². The summed E-state index contributed by atoms with van der Waals surface area (Å²) in [6.45, 7) is 6.61. The van der Waals surface area contributed by atoms with Crippen LogP contribution in [0, 0.1) is 29.2 Å². The second kappa shape index (κ2) is 15.8. The molecule has 0 amide bonds. The van der Waals surface area contributed by atoms with Crippen molar-refractivity contribution in [2.45, 2.75) is 72.3 Å². The number of hydrogen-bond acceptors (Lipinski definition) is 5. The summed E-state index contributed by atoms with van der Waals surface area (Å²) in [5, 5.41) is 18.4. The highest BCUT2D eigenvalue weighted by molar-refractivity contribution is 7.98. The highest BCUT2D eigenvalue weighted by Crippen LogP contribution is 2.35. The molecule has 0 atom stereocenters. The monoisotopic (exact) mass is 490 g/mol. The first-order chi connectivity index (χ1) is 15.8. The van der Waals surface area contributed by atoms with Crippen LogP contribution in [0.4, 0.5) is 23.2 Å². The Morgan fingerprint density at radius 3 is 1.88 bits per heavy atom. The van der Waals surface area contributed by atoms with Gasteiger partial charge in [-0.2, -0.15) is 13.2 Å². The average Bonchev–Trinajstić information content (AvgIpc) is 2.81. The molecule has 3 N–H and O–H groups in total. The zero-order valence-corrected chi connectivity index (χ0v) is 20.2. The van der Waals surface area contributed by atoms with Gasteiger partial charge in [0.1, 0.15) is 0 Å². The molecule has 1 aliphatic carbocycles. The molecule has 0 radical (unpaired) electrons. The maximum Gasteiger partial charge on any atom is 0.205 e. The molecule has 2 aromatic rings. The molecule has 186 valence electrons. The molecule has 0 saturated heterocycles. The van der Waals surface area contributed by atoms with Gasteiger partial charge in [0.05, 0.1) is 12.1 Å². The third kappa shape index (κ3) is 9.43. The van der Waals surface area contributed by atoms with Gasteiger partial charge >= 0.3 is 0 Å². The van der Waals surface area contributed by atoms with Crippen LogP contribution in [0.3, 0.4) is 0 Å². The molecule has 0 spiro atoms. The predicted octanol–water partition coefficient (Wildman–Crippen LogP) is 7.89. The van der Waals surface area contributed by atoms with Gasteiger partial charge in [-0.3, -0.25) is 5.21 Å². The first kappa shape index (κ1) is 29.1. The Kier molecular flexibility index (Phi) is 13.9. The van der Waals surface area contributed by atoms with Gasteiger partial charge in [0.25, 0.3) is 0 Å². The molecular formula is C24H34F4N2O2S. The van der Waals surface area contributed by atoms with Crippen LogP contribution in [0.2, 0.25) is 0 Å². The van der Waals surface area contributed by atoms with Crippen molar-refractivity contribution < 1.29 is 27.9 Å². The summed E-state index contributed by atoms with van der Waals surface area (Å²) in [6, 6.07) is 8.85. The number of rotatable bonds is 5. The molecule has 1 aliphatic rings. The molecule has 9 heteroatoms. The van der Waals surface area contributed by atoms with Gasteiger partial charge in [-0.25, -0.2) is 13.5 Å². The summed E-state index contributed by atoms with van der Waals surface area (Å²) < 4.78 is 55.9. The van der Waals surface area contributed by atoms with Crippen LogP contribution in [0.5, 0.6) is 5.75 Å². The minimum absolute atomic E-state index is 0.0980. The minimum Gasteiger partial charge on any atom is -0.503 e. The fourth-order valence-corrected chi connectivity index (χ4v) is 3.86. The number of hydrogen-bond donors (Lipinski definition) is 3. The van der Waals surface area contributed by atoms with E-state index >= 15 is 0 Å². The third-order valence-corrected chi connectivity index (χ3v) is 5.70. The molecule has 0 heterocycles. The number of aromatic hydroxyl groups is 1. The molecule has 0 aliphatic heterocycles. The van der Waals surface area contributed by atoms with Crippen LogP contribution in [-0.4, -0.2) is 10.3 Å². The topological polar surface area (TPSA) is 55.7 Å².